The fraction of sp³-hybridized carbons (Fsp3) is 0.175. The molecule has 1 atom stereocenters. The third-order valence-corrected chi connectivity index (χ3v) is 14.5. The van der Waals surface area contributed by atoms with E-state index in [4.69, 9.17) is 52.1 Å². The minimum atomic E-state index is -0.439. The standard InChI is InChI=1S/C80H74O11/c1-8-22-61(23-9-1)50-83-72-36-68(37-73(44-72)84-51-62-24-10-2-11-25-62)48-81-59-80(91-56-67-34-20-7-21-35-67)60-82-49-69-38-74(89-57-70-40-76(85-52-63-26-12-3-13-27-63)46-77(41-70)86-53-64-28-14-4-15-29-64)45-75(39-69)90-58-71-42-78(87-54-65-30-16-5-17-31-65)47-79(43-71)88-55-66-32-18-6-19-33-66/h1-47,80H,48-60H2. The average molecular weight is 1210 g/mol. The van der Waals surface area contributed by atoms with E-state index in [-0.39, 0.29) is 39.6 Å². The third-order valence-electron chi connectivity index (χ3n) is 14.5. The van der Waals surface area contributed by atoms with Gasteiger partial charge in [-0.05, 0) is 110 Å². The Bertz CT molecular complexity index is 3550. The number of hydrogen-bond acceptors (Lipinski definition) is 11. The Morgan fingerprint density at radius 2 is 0.352 bits per heavy atom. The first kappa shape index (κ1) is 62.3. The van der Waals surface area contributed by atoms with Crippen molar-refractivity contribution in [3.05, 3.63) is 346 Å². The van der Waals surface area contributed by atoms with Gasteiger partial charge in [-0.15, -0.1) is 0 Å². The van der Waals surface area contributed by atoms with Gasteiger partial charge in [-0.1, -0.05) is 212 Å². The molecule has 0 aliphatic carbocycles. The lowest BCUT2D eigenvalue weighted by Crippen LogP contribution is -2.25. The minimum Gasteiger partial charge on any atom is -0.489 e. The van der Waals surface area contributed by atoms with E-state index >= 15 is 0 Å². The molecule has 0 aliphatic rings. The first-order valence-electron chi connectivity index (χ1n) is 30.6. The van der Waals surface area contributed by atoms with Crippen LogP contribution in [0.2, 0.25) is 0 Å². The molecule has 0 fully saturated rings. The molecule has 0 bridgehead atoms. The van der Waals surface area contributed by atoms with Crippen LogP contribution >= 0.6 is 0 Å². The van der Waals surface area contributed by atoms with Gasteiger partial charge in [-0.3, -0.25) is 0 Å². The lowest BCUT2D eigenvalue weighted by atomic mass is 10.2. The van der Waals surface area contributed by atoms with Crippen LogP contribution in [-0.4, -0.2) is 19.3 Å². The molecule has 11 heteroatoms. The molecule has 0 aliphatic heterocycles. The molecular weight excluding hydrogens is 1140 g/mol. The summed E-state index contributed by atoms with van der Waals surface area (Å²) < 4.78 is 71.2. The Labute approximate surface area is 533 Å². The maximum atomic E-state index is 6.70. The maximum absolute atomic E-state index is 6.70. The Hall–Kier alpha value is -10.3. The van der Waals surface area contributed by atoms with Crippen molar-refractivity contribution in [3.8, 4) is 46.0 Å². The number of ether oxygens (including phenoxy) is 11. The van der Waals surface area contributed by atoms with Crippen molar-refractivity contribution < 1.29 is 52.1 Å². The zero-order chi connectivity index (χ0) is 61.8. The summed E-state index contributed by atoms with van der Waals surface area (Å²) >= 11 is 0. The van der Waals surface area contributed by atoms with Gasteiger partial charge in [0, 0.05) is 24.3 Å². The highest BCUT2D eigenvalue weighted by Crippen LogP contribution is 2.32. The van der Waals surface area contributed by atoms with Crippen molar-refractivity contribution >= 4 is 0 Å². The second-order valence-corrected chi connectivity index (χ2v) is 21.9. The predicted octanol–water partition coefficient (Wildman–Crippen LogP) is 17.6. The van der Waals surface area contributed by atoms with Crippen molar-refractivity contribution in [2.45, 2.75) is 78.8 Å². The van der Waals surface area contributed by atoms with Gasteiger partial charge < -0.3 is 52.1 Å². The molecule has 460 valence electrons. The van der Waals surface area contributed by atoms with Crippen LogP contribution in [0.1, 0.15) is 61.2 Å². The van der Waals surface area contributed by atoms with Crippen LogP contribution in [0.25, 0.3) is 0 Å². The van der Waals surface area contributed by atoms with Gasteiger partial charge in [0.2, 0.25) is 0 Å². The van der Waals surface area contributed by atoms with Crippen molar-refractivity contribution in [3.63, 3.8) is 0 Å². The lowest BCUT2D eigenvalue weighted by Gasteiger charge is -2.20. The molecule has 11 aromatic rings. The van der Waals surface area contributed by atoms with Gasteiger partial charge in [-0.2, -0.15) is 0 Å². The van der Waals surface area contributed by atoms with E-state index in [1.54, 1.807) is 0 Å². The monoisotopic (exact) mass is 1210 g/mol. The van der Waals surface area contributed by atoms with E-state index in [9.17, 15) is 0 Å². The van der Waals surface area contributed by atoms with Crippen LogP contribution in [0, 0.1) is 0 Å². The van der Waals surface area contributed by atoms with E-state index in [0.29, 0.717) is 92.2 Å². The highest BCUT2D eigenvalue weighted by Gasteiger charge is 2.16. The summed E-state index contributed by atoms with van der Waals surface area (Å²) in [5, 5.41) is 0. The average Bonchev–Trinajstić information content (AvgIpc) is 3.63. The van der Waals surface area contributed by atoms with Gasteiger partial charge in [-0.25, -0.2) is 0 Å². The molecule has 0 saturated heterocycles. The van der Waals surface area contributed by atoms with Crippen LogP contribution in [0.3, 0.4) is 0 Å². The number of hydrogen-bond donors (Lipinski definition) is 0. The van der Waals surface area contributed by atoms with E-state index < -0.39 is 6.10 Å². The molecular formula is C80H74O11. The van der Waals surface area contributed by atoms with Gasteiger partial charge in [0.25, 0.3) is 0 Å². The van der Waals surface area contributed by atoms with Crippen molar-refractivity contribution in [2.75, 3.05) is 13.2 Å². The molecule has 11 nitrogen and oxygen atoms in total. The largest absolute Gasteiger partial charge is 0.489 e. The minimum absolute atomic E-state index is 0.201. The first-order valence-corrected chi connectivity index (χ1v) is 30.6. The Morgan fingerprint density at radius 1 is 0.176 bits per heavy atom. The molecule has 11 rings (SSSR count). The van der Waals surface area contributed by atoms with Crippen LogP contribution in [-0.2, 0) is 86.9 Å². The number of benzene rings is 11. The van der Waals surface area contributed by atoms with Crippen LogP contribution in [0.4, 0.5) is 0 Å². The SMILES string of the molecule is c1ccc(COc2cc(COCC(COCc3cc(OCc4cc(OCc5ccccc5)cc(OCc5ccccc5)c4)cc(OCc4cc(OCc5ccccc5)cc(OCc5ccccc5)c4)c3)OCc3ccccc3)cc(OCc3ccccc3)c2)cc1. The summed E-state index contributed by atoms with van der Waals surface area (Å²) in [6.45, 7) is 4.12. The normalized spacial score (nSPS) is 11.3. The molecule has 1 unspecified atom stereocenters. The molecule has 11 aromatic carbocycles. The molecule has 0 saturated carbocycles. The molecule has 91 heavy (non-hydrogen) atoms. The van der Waals surface area contributed by atoms with Crippen molar-refractivity contribution in [2.24, 2.45) is 0 Å². The lowest BCUT2D eigenvalue weighted by molar-refractivity contribution is -0.0730. The Kier molecular flexibility index (Phi) is 23.2. The predicted molar refractivity (Wildman–Crippen MR) is 353 cm³/mol. The van der Waals surface area contributed by atoms with Crippen LogP contribution < -0.4 is 37.9 Å². The summed E-state index contributed by atoms with van der Waals surface area (Å²) in [5.74, 6) is 5.16. The summed E-state index contributed by atoms with van der Waals surface area (Å²) in [7, 11) is 0. The topological polar surface area (TPSA) is 102 Å². The molecule has 0 heterocycles. The summed E-state index contributed by atoms with van der Waals surface area (Å²) in [6, 6.07) is 94.2. The molecule has 0 radical (unpaired) electrons. The second-order valence-electron chi connectivity index (χ2n) is 21.9. The fourth-order valence-corrected chi connectivity index (χ4v) is 9.85. The van der Waals surface area contributed by atoms with Gasteiger partial charge in [0.05, 0.1) is 33.0 Å². The smallest absolute Gasteiger partial charge is 0.123 e. The van der Waals surface area contributed by atoms with Gasteiger partial charge in [0.15, 0.2) is 0 Å². The fourth-order valence-electron chi connectivity index (χ4n) is 9.85. The Morgan fingerprint density at radius 3 is 0.560 bits per heavy atom. The maximum Gasteiger partial charge on any atom is 0.123 e. The van der Waals surface area contributed by atoms with E-state index in [2.05, 4.69) is 0 Å². The summed E-state index contributed by atoms with van der Waals surface area (Å²) in [6.07, 6.45) is -0.439. The van der Waals surface area contributed by atoms with E-state index in [0.717, 1.165) is 61.2 Å². The van der Waals surface area contributed by atoms with Crippen molar-refractivity contribution in [1.29, 1.82) is 0 Å². The third kappa shape index (κ3) is 21.2. The quantitative estimate of drug-likeness (QED) is 0.0379. The molecule has 0 spiro atoms. The summed E-state index contributed by atoms with van der Waals surface area (Å²) in [4.78, 5) is 0. The summed E-state index contributed by atoms with van der Waals surface area (Å²) in [5.41, 5.74) is 10.8. The number of rotatable bonds is 35. The van der Waals surface area contributed by atoms with E-state index in [1.165, 1.54) is 0 Å². The first-order chi connectivity index (χ1) is 45.0. The Balaban J connectivity index is 0.819. The zero-order valence-electron chi connectivity index (χ0n) is 50.9. The highest BCUT2D eigenvalue weighted by atomic mass is 16.6. The van der Waals surface area contributed by atoms with Gasteiger partial charge in [0.1, 0.15) is 105 Å². The molecule has 0 aromatic heterocycles. The van der Waals surface area contributed by atoms with Crippen molar-refractivity contribution in [1.82, 2.24) is 0 Å². The van der Waals surface area contributed by atoms with E-state index in [1.807, 2.05) is 285 Å². The zero-order valence-corrected chi connectivity index (χ0v) is 50.9. The van der Waals surface area contributed by atoms with Crippen LogP contribution in [0.15, 0.2) is 285 Å². The second kappa shape index (κ2) is 33.9. The van der Waals surface area contributed by atoms with Crippen LogP contribution in [0.5, 0.6) is 46.0 Å². The van der Waals surface area contributed by atoms with Gasteiger partial charge >= 0.3 is 0 Å². The highest BCUT2D eigenvalue weighted by molar-refractivity contribution is 5.43. The molecule has 0 N–H and O–H groups in total. The molecule has 0 amide bonds.